The molecule has 4 heteroatoms. The Hall–Kier alpha value is -3.14. The van der Waals surface area contributed by atoms with Gasteiger partial charge in [-0.25, -0.2) is 9.37 Å². The zero-order chi connectivity index (χ0) is 18.3. The van der Waals surface area contributed by atoms with E-state index in [9.17, 15) is 4.39 Å². The number of nitrogens with zero attached hydrogens (tertiary/aromatic N) is 2. The first-order valence-corrected chi connectivity index (χ1v) is 8.62. The molecular weight excluding hydrogens is 325 g/mol. The summed E-state index contributed by atoms with van der Waals surface area (Å²) in [5.41, 5.74) is 6.21. The molecule has 0 saturated carbocycles. The summed E-state index contributed by atoms with van der Waals surface area (Å²) < 4.78 is 16.5. The van der Waals surface area contributed by atoms with Gasteiger partial charge in [-0.15, -0.1) is 0 Å². The van der Waals surface area contributed by atoms with E-state index < -0.39 is 0 Å². The van der Waals surface area contributed by atoms with Crippen LogP contribution < -0.4 is 5.32 Å². The minimum absolute atomic E-state index is 0.280. The van der Waals surface area contributed by atoms with Crippen molar-refractivity contribution in [3.63, 3.8) is 0 Å². The number of pyridine rings is 1. The van der Waals surface area contributed by atoms with Gasteiger partial charge < -0.3 is 5.32 Å². The standard InChI is InChI=1S/C22H20FN3/c1-14-8-6-9-15(2)20(14)25-22-21(17-11-4-5-12-18(17)23)24-19-13-7-10-16(3)26(19)22/h4-13,25H,1-3H3. The molecule has 0 bridgehead atoms. The number of rotatable bonds is 3. The zero-order valence-electron chi connectivity index (χ0n) is 15.0. The summed E-state index contributed by atoms with van der Waals surface area (Å²) >= 11 is 0. The number of benzene rings is 2. The third-order valence-electron chi connectivity index (χ3n) is 4.69. The molecule has 4 aromatic rings. The predicted octanol–water partition coefficient (Wildman–Crippen LogP) is 5.81. The van der Waals surface area contributed by atoms with Crippen molar-refractivity contribution in [1.29, 1.82) is 0 Å². The lowest BCUT2D eigenvalue weighted by Gasteiger charge is -2.15. The van der Waals surface area contributed by atoms with Gasteiger partial charge in [-0.3, -0.25) is 4.40 Å². The normalized spacial score (nSPS) is 11.1. The SMILES string of the molecule is Cc1cccc(C)c1Nc1c(-c2ccccc2F)nc2cccc(C)n12. The van der Waals surface area contributed by atoms with Crippen LogP contribution in [0.15, 0.2) is 60.7 Å². The number of anilines is 2. The summed E-state index contributed by atoms with van der Waals surface area (Å²) in [6.45, 7) is 6.15. The molecule has 2 heterocycles. The van der Waals surface area contributed by atoms with Gasteiger partial charge in [0.25, 0.3) is 0 Å². The molecule has 1 N–H and O–H groups in total. The Balaban J connectivity index is 2.00. The van der Waals surface area contributed by atoms with Gasteiger partial charge in [-0.05, 0) is 56.2 Å². The van der Waals surface area contributed by atoms with Crippen LogP contribution in [0.4, 0.5) is 15.9 Å². The van der Waals surface area contributed by atoms with Crippen molar-refractivity contribution in [3.8, 4) is 11.3 Å². The third-order valence-corrected chi connectivity index (χ3v) is 4.69. The summed E-state index contributed by atoms with van der Waals surface area (Å²) in [5.74, 6) is 0.499. The number of halogens is 1. The van der Waals surface area contributed by atoms with E-state index in [0.717, 1.165) is 34.0 Å². The molecule has 2 aromatic carbocycles. The first kappa shape index (κ1) is 16.3. The number of nitrogens with one attached hydrogen (secondary N) is 1. The number of hydrogen-bond acceptors (Lipinski definition) is 2. The van der Waals surface area contributed by atoms with E-state index in [1.54, 1.807) is 12.1 Å². The summed E-state index contributed by atoms with van der Waals surface area (Å²) in [7, 11) is 0. The molecular formula is C22H20FN3. The minimum atomic E-state index is -0.280. The fourth-order valence-electron chi connectivity index (χ4n) is 3.34. The maximum atomic E-state index is 14.5. The Labute approximate surface area is 152 Å². The molecule has 0 amide bonds. The van der Waals surface area contributed by atoms with E-state index in [4.69, 9.17) is 4.98 Å². The number of imidazole rings is 1. The highest BCUT2D eigenvalue weighted by Gasteiger charge is 2.19. The fourth-order valence-corrected chi connectivity index (χ4v) is 3.34. The second-order valence-corrected chi connectivity index (χ2v) is 6.54. The predicted molar refractivity (Wildman–Crippen MR) is 105 cm³/mol. The first-order valence-electron chi connectivity index (χ1n) is 8.62. The number of fused-ring (bicyclic) bond motifs is 1. The average Bonchev–Trinajstić information content (AvgIpc) is 2.98. The van der Waals surface area contributed by atoms with Crippen LogP contribution in [0.3, 0.4) is 0 Å². The topological polar surface area (TPSA) is 29.3 Å². The average molecular weight is 345 g/mol. The van der Waals surface area contributed by atoms with Crippen LogP contribution in [0.25, 0.3) is 16.9 Å². The van der Waals surface area contributed by atoms with Gasteiger partial charge in [0.2, 0.25) is 0 Å². The van der Waals surface area contributed by atoms with Gasteiger partial charge in [0.05, 0.1) is 0 Å². The third kappa shape index (κ3) is 2.64. The monoisotopic (exact) mass is 345 g/mol. The van der Waals surface area contributed by atoms with Crippen molar-refractivity contribution in [2.45, 2.75) is 20.8 Å². The number of para-hydroxylation sites is 1. The van der Waals surface area contributed by atoms with Crippen LogP contribution >= 0.6 is 0 Å². The maximum Gasteiger partial charge on any atom is 0.143 e. The van der Waals surface area contributed by atoms with Crippen molar-refractivity contribution in [3.05, 3.63) is 83.3 Å². The number of aryl methyl sites for hydroxylation is 3. The van der Waals surface area contributed by atoms with Gasteiger partial charge >= 0.3 is 0 Å². The van der Waals surface area contributed by atoms with E-state index in [0.29, 0.717) is 11.3 Å². The fraction of sp³-hybridized carbons (Fsp3) is 0.136. The van der Waals surface area contributed by atoms with E-state index in [1.165, 1.54) is 6.07 Å². The molecule has 130 valence electrons. The summed E-state index contributed by atoms with van der Waals surface area (Å²) in [6.07, 6.45) is 0. The van der Waals surface area contributed by atoms with Crippen molar-refractivity contribution < 1.29 is 4.39 Å². The molecule has 0 atom stereocenters. The van der Waals surface area contributed by atoms with E-state index >= 15 is 0 Å². The molecule has 0 spiro atoms. The second kappa shape index (κ2) is 6.30. The molecule has 0 fully saturated rings. The number of hydrogen-bond donors (Lipinski definition) is 1. The van der Waals surface area contributed by atoms with Gasteiger partial charge in [0.15, 0.2) is 0 Å². The quantitative estimate of drug-likeness (QED) is 0.508. The molecule has 2 aromatic heterocycles. The summed E-state index contributed by atoms with van der Waals surface area (Å²) in [5, 5.41) is 3.53. The second-order valence-electron chi connectivity index (χ2n) is 6.54. The minimum Gasteiger partial charge on any atom is -0.339 e. The van der Waals surface area contributed by atoms with Gasteiger partial charge in [0.1, 0.15) is 23.0 Å². The highest BCUT2D eigenvalue weighted by atomic mass is 19.1. The van der Waals surface area contributed by atoms with Crippen molar-refractivity contribution in [1.82, 2.24) is 9.38 Å². The van der Waals surface area contributed by atoms with Crippen LogP contribution in [0.1, 0.15) is 16.8 Å². The van der Waals surface area contributed by atoms with Crippen LogP contribution in [0.2, 0.25) is 0 Å². The zero-order valence-corrected chi connectivity index (χ0v) is 15.0. The Kier molecular flexibility index (Phi) is 3.96. The molecule has 4 rings (SSSR count). The van der Waals surface area contributed by atoms with Gasteiger partial charge in [-0.2, -0.15) is 0 Å². The Bertz CT molecular complexity index is 1090. The molecule has 3 nitrogen and oxygen atoms in total. The van der Waals surface area contributed by atoms with Crippen LogP contribution in [-0.2, 0) is 0 Å². The highest BCUT2D eigenvalue weighted by Crippen LogP contribution is 2.35. The summed E-state index contributed by atoms with van der Waals surface area (Å²) in [6, 6.07) is 18.8. The smallest absolute Gasteiger partial charge is 0.143 e. The lowest BCUT2D eigenvalue weighted by atomic mass is 10.1. The van der Waals surface area contributed by atoms with Crippen LogP contribution in [0.5, 0.6) is 0 Å². The van der Waals surface area contributed by atoms with E-state index in [2.05, 4.69) is 31.3 Å². The lowest BCUT2D eigenvalue weighted by Crippen LogP contribution is -2.02. The van der Waals surface area contributed by atoms with Gasteiger partial charge in [-0.1, -0.05) is 36.4 Å². The molecule has 0 unspecified atom stereocenters. The molecule has 0 aliphatic carbocycles. The first-order chi connectivity index (χ1) is 12.6. The van der Waals surface area contributed by atoms with E-state index in [1.807, 2.05) is 41.7 Å². The molecule has 0 radical (unpaired) electrons. The molecule has 0 aliphatic rings. The van der Waals surface area contributed by atoms with Crippen LogP contribution in [-0.4, -0.2) is 9.38 Å². The van der Waals surface area contributed by atoms with Crippen LogP contribution in [0, 0.1) is 26.6 Å². The number of aromatic nitrogens is 2. The molecule has 0 aliphatic heterocycles. The Morgan fingerprint density at radius 2 is 1.54 bits per heavy atom. The van der Waals surface area contributed by atoms with Crippen molar-refractivity contribution in [2.24, 2.45) is 0 Å². The van der Waals surface area contributed by atoms with Crippen molar-refractivity contribution >= 4 is 17.2 Å². The van der Waals surface area contributed by atoms with Crippen molar-refractivity contribution in [2.75, 3.05) is 5.32 Å². The molecule has 26 heavy (non-hydrogen) atoms. The maximum absolute atomic E-state index is 14.5. The largest absolute Gasteiger partial charge is 0.339 e. The lowest BCUT2D eigenvalue weighted by molar-refractivity contribution is 0.631. The summed E-state index contributed by atoms with van der Waals surface area (Å²) in [4.78, 5) is 4.72. The highest BCUT2D eigenvalue weighted by molar-refractivity contribution is 5.81. The van der Waals surface area contributed by atoms with Gasteiger partial charge in [0, 0.05) is 16.9 Å². The van der Waals surface area contributed by atoms with E-state index in [-0.39, 0.29) is 5.82 Å². The Morgan fingerprint density at radius 1 is 0.846 bits per heavy atom. The Morgan fingerprint density at radius 3 is 2.27 bits per heavy atom. The molecule has 0 saturated heterocycles.